The minimum absolute atomic E-state index is 0.316. The lowest BCUT2D eigenvalue weighted by atomic mass is 9.97. The van der Waals surface area contributed by atoms with E-state index < -0.39 is 11.5 Å². The second kappa shape index (κ2) is 4.71. The summed E-state index contributed by atoms with van der Waals surface area (Å²) in [7, 11) is 1.53. The van der Waals surface area contributed by atoms with Crippen molar-refractivity contribution in [3.8, 4) is 5.75 Å². The number of ketones is 1. The largest absolute Gasteiger partial charge is 0.497 e. The Kier molecular flexibility index (Phi) is 2.99. The Hall–Kier alpha value is -2.66. The van der Waals surface area contributed by atoms with Gasteiger partial charge in [0.25, 0.3) is 0 Å². The Morgan fingerprint density at radius 3 is 2.43 bits per heavy atom. The molecule has 1 aliphatic heterocycles. The summed E-state index contributed by atoms with van der Waals surface area (Å²) in [4.78, 5) is 25.0. The number of Topliss-reactive ketones (excluding diaryl/α,β-unsaturated/α-hetero) is 1. The minimum atomic E-state index is -2.02. The molecule has 1 N–H and O–H groups in total. The fourth-order valence-corrected chi connectivity index (χ4v) is 2.57. The van der Waals surface area contributed by atoms with Gasteiger partial charge in [0.15, 0.2) is 0 Å². The van der Waals surface area contributed by atoms with Gasteiger partial charge in [-0.15, -0.1) is 0 Å². The Morgan fingerprint density at radius 1 is 1.14 bits per heavy atom. The molecule has 0 aliphatic carbocycles. The van der Waals surface area contributed by atoms with Crippen LogP contribution < -0.4 is 9.64 Å². The number of aliphatic hydroxyl groups is 1. The molecule has 1 atom stereocenters. The lowest BCUT2D eigenvalue weighted by Gasteiger charge is -2.29. The van der Waals surface area contributed by atoms with Crippen molar-refractivity contribution < 1.29 is 19.4 Å². The molecule has 1 heterocycles. The normalized spacial score (nSPS) is 20.3. The van der Waals surface area contributed by atoms with Crippen LogP contribution in [0.4, 0.5) is 5.69 Å². The molecule has 1 unspecified atom stereocenters. The second-order valence-corrected chi connectivity index (χ2v) is 4.72. The summed E-state index contributed by atoms with van der Waals surface area (Å²) < 4.78 is 5.06. The molecule has 0 aromatic heterocycles. The Bertz CT molecular complexity index is 710. The number of carbonyl (C=O) groups excluding carboxylic acids is 2. The van der Waals surface area contributed by atoms with Gasteiger partial charge >= 0.3 is 0 Å². The Labute approximate surface area is 121 Å². The van der Waals surface area contributed by atoms with Gasteiger partial charge < -0.3 is 9.84 Å². The van der Waals surface area contributed by atoms with Crippen molar-refractivity contribution >= 4 is 17.9 Å². The first-order valence-corrected chi connectivity index (χ1v) is 6.38. The lowest BCUT2D eigenvalue weighted by Crippen LogP contribution is -2.47. The highest BCUT2D eigenvalue weighted by Gasteiger charge is 2.51. The first-order valence-electron chi connectivity index (χ1n) is 6.38. The van der Waals surface area contributed by atoms with Crippen molar-refractivity contribution in [1.29, 1.82) is 0 Å². The fourth-order valence-electron chi connectivity index (χ4n) is 2.57. The molecule has 1 aliphatic rings. The van der Waals surface area contributed by atoms with Crippen molar-refractivity contribution in [2.75, 3.05) is 12.0 Å². The first kappa shape index (κ1) is 13.3. The summed E-state index contributed by atoms with van der Waals surface area (Å²) >= 11 is 0. The first-order chi connectivity index (χ1) is 10.1. The molecule has 2 aromatic carbocycles. The van der Waals surface area contributed by atoms with Crippen molar-refractivity contribution in [2.24, 2.45) is 0 Å². The van der Waals surface area contributed by atoms with Crippen LogP contribution in [0.15, 0.2) is 48.5 Å². The molecule has 0 fully saturated rings. The van der Waals surface area contributed by atoms with Gasteiger partial charge in [-0.2, -0.15) is 0 Å². The molecule has 1 amide bonds. The maximum absolute atomic E-state index is 12.6. The number of hydrogen-bond acceptors (Lipinski definition) is 4. The van der Waals surface area contributed by atoms with Gasteiger partial charge in [0.1, 0.15) is 5.75 Å². The van der Waals surface area contributed by atoms with Gasteiger partial charge in [0, 0.05) is 11.1 Å². The number of methoxy groups -OCH3 is 1. The average molecular weight is 283 g/mol. The number of carbonyl (C=O) groups is 2. The number of benzene rings is 2. The number of hydrogen-bond donors (Lipinski definition) is 1. The molecule has 0 saturated carbocycles. The van der Waals surface area contributed by atoms with Crippen LogP contribution in [0.5, 0.6) is 5.75 Å². The lowest BCUT2D eigenvalue weighted by molar-refractivity contribution is -0.110. The number of ether oxygens (including phenoxy) is 1. The predicted octanol–water partition coefficient (Wildman–Crippen LogP) is 1.70. The molecule has 106 valence electrons. The summed E-state index contributed by atoms with van der Waals surface area (Å²) in [5, 5.41) is 10.9. The molecular weight excluding hydrogens is 270 g/mol. The van der Waals surface area contributed by atoms with E-state index in [1.54, 1.807) is 48.5 Å². The predicted molar refractivity (Wildman–Crippen MR) is 76.2 cm³/mol. The molecule has 0 radical (unpaired) electrons. The van der Waals surface area contributed by atoms with Crippen LogP contribution in [-0.2, 0) is 10.5 Å². The fraction of sp³-hybridized carbons (Fsp3) is 0.125. The molecule has 3 rings (SSSR count). The highest BCUT2D eigenvalue weighted by Crippen LogP contribution is 2.42. The molecule has 0 saturated heterocycles. The zero-order valence-electron chi connectivity index (χ0n) is 11.3. The van der Waals surface area contributed by atoms with Gasteiger partial charge in [-0.3, -0.25) is 14.5 Å². The molecule has 21 heavy (non-hydrogen) atoms. The molecular formula is C16H13NO4. The van der Waals surface area contributed by atoms with Crippen LogP contribution in [0.2, 0.25) is 0 Å². The van der Waals surface area contributed by atoms with E-state index in [1.807, 2.05) is 0 Å². The van der Waals surface area contributed by atoms with Gasteiger partial charge in [-0.05, 0) is 24.3 Å². The number of para-hydroxylation sites is 1. The maximum Gasteiger partial charge on any atom is 0.236 e. The zero-order chi connectivity index (χ0) is 15.0. The molecule has 0 bridgehead atoms. The van der Waals surface area contributed by atoms with Crippen molar-refractivity contribution in [3.63, 3.8) is 0 Å². The summed E-state index contributed by atoms with van der Waals surface area (Å²) in [6.07, 6.45) is 0.466. The van der Waals surface area contributed by atoms with Gasteiger partial charge in [0.05, 0.1) is 12.8 Å². The molecule has 5 heteroatoms. The third-order valence-electron chi connectivity index (χ3n) is 3.67. The molecule has 0 spiro atoms. The molecule has 5 nitrogen and oxygen atoms in total. The number of fused-ring (bicyclic) bond motifs is 1. The average Bonchev–Trinajstić information content (AvgIpc) is 2.76. The van der Waals surface area contributed by atoms with E-state index in [1.165, 1.54) is 7.11 Å². The van der Waals surface area contributed by atoms with E-state index in [9.17, 15) is 14.7 Å². The summed E-state index contributed by atoms with van der Waals surface area (Å²) in [5.74, 6) is 0.0818. The third kappa shape index (κ3) is 1.75. The highest BCUT2D eigenvalue weighted by atomic mass is 16.5. The van der Waals surface area contributed by atoms with Crippen LogP contribution in [0, 0.1) is 0 Å². The smallest absolute Gasteiger partial charge is 0.236 e. The maximum atomic E-state index is 12.6. The van der Waals surface area contributed by atoms with E-state index in [2.05, 4.69) is 0 Å². The van der Waals surface area contributed by atoms with Crippen LogP contribution >= 0.6 is 0 Å². The summed E-state index contributed by atoms with van der Waals surface area (Å²) in [6, 6.07) is 13.0. The summed E-state index contributed by atoms with van der Waals surface area (Å²) in [5.41, 5.74) is -0.979. The van der Waals surface area contributed by atoms with Crippen molar-refractivity contribution in [2.45, 2.75) is 5.72 Å². The van der Waals surface area contributed by atoms with E-state index in [4.69, 9.17) is 4.74 Å². The van der Waals surface area contributed by atoms with Crippen LogP contribution in [0.1, 0.15) is 15.9 Å². The number of nitrogens with zero attached hydrogens (tertiary/aromatic N) is 1. The summed E-state index contributed by atoms with van der Waals surface area (Å²) in [6.45, 7) is 0. The standard InChI is InChI=1S/C16H13NO4/c1-21-12-8-6-11(7-9-12)16(20)15(19)13-4-2-3-5-14(13)17(16)10-18/h2-10,20H,1H3. The Morgan fingerprint density at radius 2 is 1.81 bits per heavy atom. The monoisotopic (exact) mass is 283 g/mol. The van der Waals surface area contributed by atoms with Crippen LogP contribution in [-0.4, -0.2) is 24.4 Å². The van der Waals surface area contributed by atoms with E-state index in [0.29, 0.717) is 29.0 Å². The quantitative estimate of drug-likeness (QED) is 0.871. The zero-order valence-corrected chi connectivity index (χ0v) is 11.3. The van der Waals surface area contributed by atoms with E-state index >= 15 is 0 Å². The number of anilines is 1. The Balaban J connectivity index is 2.15. The number of rotatable bonds is 3. The molecule has 2 aromatic rings. The van der Waals surface area contributed by atoms with E-state index in [-0.39, 0.29) is 0 Å². The van der Waals surface area contributed by atoms with Crippen molar-refractivity contribution in [1.82, 2.24) is 0 Å². The van der Waals surface area contributed by atoms with Gasteiger partial charge in [-0.1, -0.05) is 24.3 Å². The third-order valence-corrected chi connectivity index (χ3v) is 3.67. The SMILES string of the molecule is COc1ccc(C2(O)C(=O)c3ccccc3N2C=O)cc1. The second-order valence-electron chi connectivity index (χ2n) is 4.72. The van der Waals surface area contributed by atoms with Crippen LogP contribution in [0.3, 0.4) is 0 Å². The topological polar surface area (TPSA) is 66.8 Å². The number of amides is 1. The van der Waals surface area contributed by atoms with Gasteiger partial charge in [-0.25, -0.2) is 0 Å². The van der Waals surface area contributed by atoms with E-state index in [0.717, 1.165) is 4.90 Å². The minimum Gasteiger partial charge on any atom is -0.497 e. The van der Waals surface area contributed by atoms with Crippen LogP contribution in [0.25, 0.3) is 0 Å². The van der Waals surface area contributed by atoms with Crippen molar-refractivity contribution in [3.05, 3.63) is 59.7 Å². The highest BCUT2D eigenvalue weighted by molar-refractivity contribution is 6.16. The van der Waals surface area contributed by atoms with Gasteiger partial charge in [0.2, 0.25) is 17.9 Å².